The van der Waals surface area contributed by atoms with E-state index in [1.54, 1.807) is 46.9 Å². The van der Waals surface area contributed by atoms with Gasteiger partial charge in [0, 0.05) is 46.8 Å². The number of hydrogen-bond donors (Lipinski definition) is 1. The maximum Gasteiger partial charge on any atom is 0.409 e. The zero-order chi connectivity index (χ0) is 23.4. The second kappa shape index (κ2) is 10.1. The largest absolute Gasteiger partial charge is 0.450 e. The minimum atomic E-state index is -0.306. The topological polar surface area (TPSA) is 80.6 Å². The fourth-order valence-electron chi connectivity index (χ4n) is 4.24. The molecule has 1 aromatic heterocycles. The van der Waals surface area contributed by atoms with Crippen molar-refractivity contribution < 1.29 is 14.3 Å². The van der Waals surface area contributed by atoms with Gasteiger partial charge in [0.1, 0.15) is 0 Å². The van der Waals surface area contributed by atoms with E-state index in [0.717, 1.165) is 5.56 Å². The first-order valence-electron chi connectivity index (χ1n) is 11.1. The summed E-state index contributed by atoms with van der Waals surface area (Å²) in [4.78, 5) is 39.5. The third-order valence-electron chi connectivity index (χ3n) is 5.94. The molecule has 0 unspecified atom stereocenters. The van der Waals surface area contributed by atoms with Crippen molar-refractivity contribution in [3.63, 3.8) is 0 Å². The summed E-state index contributed by atoms with van der Waals surface area (Å²) in [6.07, 6.45) is 2.97. The van der Waals surface area contributed by atoms with Gasteiger partial charge < -0.3 is 19.5 Å². The van der Waals surface area contributed by atoms with E-state index >= 15 is 0 Å². The van der Waals surface area contributed by atoms with Crippen molar-refractivity contribution in [2.24, 2.45) is 0 Å². The average Bonchev–Trinajstić information content (AvgIpc) is 2.81. The molecule has 2 aromatic carbocycles. The van der Waals surface area contributed by atoms with Crippen LogP contribution in [0.4, 0.5) is 10.5 Å². The summed E-state index contributed by atoms with van der Waals surface area (Å²) in [6, 6.07) is 14.4. The number of nitrogens with zero attached hydrogens (tertiary/aromatic N) is 2. The molecular formula is C25H26ClN3O4. The summed E-state index contributed by atoms with van der Waals surface area (Å²) in [5, 5.41) is 4.69. The molecule has 1 aliphatic rings. The molecule has 1 N–H and O–H groups in total. The molecule has 0 atom stereocenters. The van der Waals surface area contributed by atoms with E-state index < -0.39 is 0 Å². The number of pyridine rings is 1. The molecule has 0 saturated carbocycles. The Bertz CT molecular complexity index is 1230. The maximum atomic E-state index is 13.2. The van der Waals surface area contributed by atoms with Crippen LogP contribution in [-0.4, -0.2) is 41.2 Å². The van der Waals surface area contributed by atoms with E-state index in [1.807, 2.05) is 24.3 Å². The SMILES string of the molecule is CCOC(=O)N1CCC(n2ccc3c(NC(=O)Cc4ccccc4Cl)cccc3c2=O)CC1. The van der Waals surface area contributed by atoms with Crippen LogP contribution in [0.25, 0.3) is 10.8 Å². The second-order valence-electron chi connectivity index (χ2n) is 8.03. The molecule has 2 amide bonds. The molecule has 172 valence electrons. The van der Waals surface area contributed by atoms with Crippen LogP contribution in [0.2, 0.25) is 5.02 Å². The minimum Gasteiger partial charge on any atom is -0.450 e. The monoisotopic (exact) mass is 467 g/mol. The van der Waals surface area contributed by atoms with Gasteiger partial charge in [-0.3, -0.25) is 9.59 Å². The number of halogens is 1. The Morgan fingerprint density at radius 3 is 2.55 bits per heavy atom. The van der Waals surface area contributed by atoms with Gasteiger partial charge in [0.2, 0.25) is 5.91 Å². The summed E-state index contributed by atoms with van der Waals surface area (Å²) in [7, 11) is 0. The lowest BCUT2D eigenvalue weighted by molar-refractivity contribution is -0.115. The molecule has 1 fully saturated rings. The first kappa shape index (κ1) is 22.9. The summed E-state index contributed by atoms with van der Waals surface area (Å²) in [5.74, 6) is -0.203. The zero-order valence-corrected chi connectivity index (χ0v) is 19.2. The predicted molar refractivity (Wildman–Crippen MR) is 129 cm³/mol. The third kappa shape index (κ3) is 5.03. The lowest BCUT2D eigenvalue weighted by Crippen LogP contribution is -2.41. The normalized spacial score (nSPS) is 14.3. The van der Waals surface area contributed by atoms with Crippen LogP contribution in [0.5, 0.6) is 0 Å². The van der Waals surface area contributed by atoms with E-state index in [4.69, 9.17) is 16.3 Å². The van der Waals surface area contributed by atoms with Crippen molar-refractivity contribution >= 4 is 40.1 Å². The first-order valence-corrected chi connectivity index (χ1v) is 11.4. The molecule has 0 aliphatic carbocycles. The molecule has 0 bridgehead atoms. The van der Waals surface area contributed by atoms with Gasteiger partial charge in [-0.05, 0) is 49.6 Å². The number of carbonyl (C=O) groups excluding carboxylic acids is 2. The van der Waals surface area contributed by atoms with Gasteiger partial charge in [-0.2, -0.15) is 0 Å². The van der Waals surface area contributed by atoms with Crippen LogP contribution in [0, 0.1) is 0 Å². The van der Waals surface area contributed by atoms with Crippen molar-refractivity contribution in [3.05, 3.63) is 75.7 Å². The highest BCUT2D eigenvalue weighted by molar-refractivity contribution is 6.31. The number of amides is 2. The van der Waals surface area contributed by atoms with E-state index in [2.05, 4.69) is 5.32 Å². The van der Waals surface area contributed by atoms with Crippen LogP contribution in [0.1, 0.15) is 31.4 Å². The van der Waals surface area contributed by atoms with Crippen molar-refractivity contribution in [1.29, 1.82) is 0 Å². The summed E-state index contributed by atoms with van der Waals surface area (Å²) in [5.41, 5.74) is 1.23. The summed E-state index contributed by atoms with van der Waals surface area (Å²) >= 11 is 6.17. The Labute approximate surface area is 196 Å². The lowest BCUT2D eigenvalue weighted by atomic mass is 10.0. The molecule has 0 spiro atoms. The van der Waals surface area contributed by atoms with Gasteiger partial charge in [-0.1, -0.05) is 35.9 Å². The first-order chi connectivity index (χ1) is 16.0. The van der Waals surface area contributed by atoms with E-state index in [0.29, 0.717) is 54.0 Å². The standard InChI is InChI=1S/C25H26ClN3O4/c1-2-33-25(32)28-13-10-18(11-14-28)29-15-12-19-20(24(29)31)7-5-9-22(19)27-23(30)16-17-6-3-4-8-21(17)26/h3-9,12,15,18H,2,10-11,13-14,16H2,1H3,(H,27,30). The number of fused-ring (bicyclic) bond motifs is 1. The fraction of sp³-hybridized carbons (Fsp3) is 0.320. The van der Waals surface area contributed by atoms with Crippen LogP contribution in [-0.2, 0) is 16.0 Å². The Kier molecular flexibility index (Phi) is 6.99. The number of likely N-dealkylation sites (tertiary alicyclic amines) is 1. The van der Waals surface area contributed by atoms with Crippen LogP contribution in [0.15, 0.2) is 59.5 Å². The predicted octanol–water partition coefficient (Wildman–Crippen LogP) is 4.63. The highest BCUT2D eigenvalue weighted by atomic mass is 35.5. The number of hydrogen-bond acceptors (Lipinski definition) is 4. The number of anilines is 1. The molecule has 7 nitrogen and oxygen atoms in total. The summed E-state index contributed by atoms with van der Waals surface area (Å²) in [6.45, 7) is 3.23. The molecule has 8 heteroatoms. The molecule has 3 aromatic rings. The van der Waals surface area contributed by atoms with Crippen molar-refractivity contribution in [2.75, 3.05) is 25.0 Å². The highest BCUT2D eigenvalue weighted by Crippen LogP contribution is 2.26. The second-order valence-corrected chi connectivity index (χ2v) is 8.44. The van der Waals surface area contributed by atoms with Gasteiger partial charge in [-0.15, -0.1) is 0 Å². The van der Waals surface area contributed by atoms with Crippen LogP contribution in [0.3, 0.4) is 0 Å². The molecular weight excluding hydrogens is 442 g/mol. The van der Waals surface area contributed by atoms with Gasteiger partial charge in [0.25, 0.3) is 5.56 Å². The van der Waals surface area contributed by atoms with E-state index in [-0.39, 0.29) is 30.0 Å². The zero-order valence-electron chi connectivity index (χ0n) is 18.4. The van der Waals surface area contributed by atoms with Gasteiger partial charge in [0.05, 0.1) is 13.0 Å². The molecule has 1 saturated heterocycles. The third-order valence-corrected chi connectivity index (χ3v) is 6.31. The Hall–Kier alpha value is -3.32. The lowest BCUT2D eigenvalue weighted by Gasteiger charge is -2.32. The van der Waals surface area contributed by atoms with E-state index in [9.17, 15) is 14.4 Å². The maximum absolute atomic E-state index is 13.2. The number of aromatic nitrogens is 1. The number of benzene rings is 2. The van der Waals surface area contributed by atoms with Gasteiger partial charge in [-0.25, -0.2) is 4.79 Å². The van der Waals surface area contributed by atoms with Crippen molar-refractivity contribution in [2.45, 2.75) is 32.2 Å². The van der Waals surface area contributed by atoms with E-state index in [1.165, 1.54) is 0 Å². The Morgan fingerprint density at radius 2 is 1.82 bits per heavy atom. The fourth-order valence-corrected chi connectivity index (χ4v) is 4.44. The van der Waals surface area contributed by atoms with Gasteiger partial charge >= 0.3 is 6.09 Å². The molecule has 33 heavy (non-hydrogen) atoms. The summed E-state index contributed by atoms with van der Waals surface area (Å²) < 4.78 is 6.81. The quantitative estimate of drug-likeness (QED) is 0.593. The number of carbonyl (C=O) groups is 2. The van der Waals surface area contributed by atoms with Crippen molar-refractivity contribution in [1.82, 2.24) is 9.47 Å². The smallest absolute Gasteiger partial charge is 0.409 e. The molecule has 2 heterocycles. The highest BCUT2D eigenvalue weighted by Gasteiger charge is 2.25. The molecule has 1 aliphatic heterocycles. The Balaban J connectivity index is 1.51. The van der Waals surface area contributed by atoms with Crippen molar-refractivity contribution in [3.8, 4) is 0 Å². The van der Waals surface area contributed by atoms with Crippen LogP contribution < -0.4 is 10.9 Å². The number of nitrogens with one attached hydrogen (secondary N) is 1. The number of ether oxygens (including phenoxy) is 1. The Morgan fingerprint density at radius 1 is 1.06 bits per heavy atom. The average molecular weight is 468 g/mol. The molecule has 0 radical (unpaired) electrons. The van der Waals surface area contributed by atoms with Crippen LogP contribution >= 0.6 is 11.6 Å². The minimum absolute atomic E-state index is 0.00560. The number of rotatable bonds is 5. The van der Waals surface area contributed by atoms with Gasteiger partial charge in [0.15, 0.2) is 0 Å². The number of piperidine rings is 1. The molecule has 4 rings (SSSR count).